The van der Waals surface area contributed by atoms with Crippen LogP contribution >= 0.6 is 26.0 Å². The van der Waals surface area contributed by atoms with Crippen molar-refractivity contribution in [3.8, 4) is 0 Å². The summed E-state index contributed by atoms with van der Waals surface area (Å²) >= 11 is 0.752. The number of halogens is 1. The third kappa shape index (κ3) is 18.1. The molecule has 8 rings (SSSR count). The minimum Gasteiger partial charge on any atom is -0.382 e. The fraction of sp³-hybridized carbons (Fsp3) is 0.630. The Labute approximate surface area is 500 Å². The van der Waals surface area contributed by atoms with E-state index in [4.69, 9.17) is 39.0 Å². The minimum atomic E-state index is -5.13. The van der Waals surface area contributed by atoms with Crippen LogP contribution in [-0.4, -0.2) is 130 Å². The maximum atomic E-state index is 16.7. The number of unbranched alkanes of at least 4 members (excludes halogenated alkanes) is 12. The zero-order valence-electron chi connectivity index (χ0n) is 48.5. The Hall–Kier alpha value is -5.94. The third-order valence-electron chi connectivity index (χ3n) is 15.1. The number of phosphoric acid groups is 1. The van der Waals surface area contributed by atoms with E-state index in [-0.39, 0.29) is 78.0 Å². The molecule has 2 unspecified atom stereocenters. The van der Waals surface area contributed by atoms with E-state index in [1.165, 1.54) is 85.9 Å². The number of alkyl halides is 1. The second kappa shape index (κ2) is 31.3. The van der Waals surface area contributed by atoms with Crippen molar-refractivity contribution in [1.82, 2.24) is 55.0 Å². The van der Waals surface area contributed by atoms with Crippen LogP contribution in [-0.2, 0) is 56.8 Å². The number of amides is 5. The van der Waals surface area contributed by atoms with Crippen LogP contribution in [0.5, 0.6) is 0 Å². The summed E-state index contributed by atoms with van der Waals surface area (Å²) in [4.78, 5) is 99.1. The SMILES string of the molecule is CCCCCCCCCCCCCCCC(=O)N[C@H](C(=O)N[C@@H](CCCNC(N)=O)C(=O)Nc1ccc(CSP2(=O)OC[C@H]3O[C@@H](n4cnc5c(N)ncnc54)[C@H](F)[C@@H]3OP(=O)(O)OC[C@H]3O[C@@H](n4cnc5c(=O)[nH]cnc54)C[C@@H]3O2)cc1)C(C)C. The number of benzene rings is 1. The van der Waals surface area contributed by atoms with Crippen LogP contribution in [0.2, 0.25) is 0 Å². The predicted molar refractivity (Wildman–Crippen MR) is 316 cm³/mol. The zero-order chi connectivity index (χ0) is 61.4. The number of aromatic nitrogens is 8. The van der Waals surface area contributed by atoms with E-state index in [9.17, 15) is 33.4 Å². The summed E-state index contributed by atoms with van der Waals surface area (Å²) in [5.41, 5.74) is 12.0. The van der Waals surface area contributed by atoms with Gasteiger partial charge in [0.05, 0.1) is 32.2 Å². The van der Waals surface area contributed by atoms with E-state index in [2.05, 4.69) is 58.1 Å². The normalized spacial score (nSPS) is 25.0. The molecule has 0 aliphatic carbocycles. The number of carbonyl (C=O) groups excluding carboxylic acids is 4. The Kier molecular flexibility index (Phi) is 24.0. The number of rotatable bonds is 29. The summed E-state index contributed by atoms with van der Waals surface area (Å²) in [5.74, 6) is -1.73. The van der Waals surface area contributed by atoms with Crippen molar-refractivity contribution in [3.05, 3.63) is 65.5 Å². The minimum absolute atomic E-state index is 0.000886. The van der Waals surface area contributed by atoms with Gasteiger partial charge in [-0.05, 0) is 54.3 Å². The van der Waals surface area contributed by atoms with Crippen LogP contribution in [0.3, 0.4) is 0 Å². The number of nitrogen functional groups attached to an aromatic ring is 1. The number of hydrogen-bond donors (Lipinski definition) is 8. The lowest BCUT2D eigenvalue weighted by molar-refractivity contribution is -0.132. The Morgan fingerprint density at radius 2 is 1.47 bits per heavy atom. The molecule has 32 heteroatoms. The first-order chi connectivity index (χ1) is 41.3. The molecule has 5 amide bonds. The molecule has 3 aliphatic rings. The van der Waals surface area contributed by atoms with Crippen molar-refractivity contribution >= 4 is 83.6 Å². The summed E-state index contributed by atoms with van der Waals surface area (Å²) in [7, 11) is -5.13. The molecule has 28 nitrogen and oxygen atoms in total. The second-order valence-corrected chi connectivity index (χ2v) is 27.4. The molecule has 11 atom stereocenters. The van der Waals surface area contributed by atoms with Gasteiger partial charge in [-0.3, -0.25) is 46.4 Å². The van der Waals surface area contributed by atoms with Gasteiger partial charge in [0.1, 0.15) is 54.6 Å². The van der Waals surface area contributed by atoms with Crippen molar-refractivity contribution in [2.45, 2.75) is 191 Å². The highest BCUT2D eigenvalue weighted by atomic mass is 32.7. The molecule has 3 fully saturated rings. The van der Waals surface area contributed by atoms with E-state index in [1.54, 1.807) is 38.1 Å². The lowest BCUT2D eigenvalue weighted by Crippen LogP contribution is -2.54. The number of nitrogens with zero attached hydrogens (tertiary/aromatic N) is 7. The van der Waals surface area contributed by atoms with Crippen molar-refractivity contribution in [2.24, 2.45) is 11.7 Å². The summed E-state index contributed by atoms with van der Waals surface area (Å²) in [6, 6.07) is 3.70. The molecular formula is C54H79FN14O14P2S. The number of imidazole rings is 2. The first kappa shape index (κ1) is 66.0. The van der Waals surface area contributed by atoms with Crippen LogP contribution in [0, 0.1) is 5.92 Å². The summed E-state index contributed by atoms with van der Waals surface area (Å²) < 4.78 is 83.9. The number of nitrogens with two attached hydrogens (primary N) is 2. The summed E-state index contributed by atoms with van der Waals surface area (Å²) in [5, 5.41) is 11.0. The number of fused-ring (bicyclic) bond motifs is 4. The van der Waals surface area contributed by atoms with Gasteiger partial charge in [-0.1, -0.05) is 110 Å². The summed E-state index contributed by atoms with van der Waals surface area (Å²) in [6.45, 7) is 0.114. The van der Waals surface area contributed by atoms with Crippen molar-refractivity contribution < 1.29 is 65.2 Å². The molecule has 10 N–H and O–H groups in total. The molecule has 86 heavy (non-hydrogen) atoms. The van der Waals surface area contributed by atoms with Gasteiger partial charge in [-0.15, -0.1) is 0 Å². The highest BCUT2D eigenvalue weighted by Crippen LogP contribution is 2.64. The Bertz CT molecular complexity index is 3230. The van der Waals surface area contributed by atoms with E-state index < -0.39 is 106 Å². The molecular weight excluding hydrogens is 1180 g/mol. The first-order valence-corrected chi connectivity index (χ1v) is 34.0. The molecule has 4 aromatic heterocycles. The largest absolute Gasteiger partial charge is 0.472 e. The Morgan fingerprint density at radius 1 is 0.802 bits per heavy atom. The van der Waals surface area contributed by atoms with Gasteiger partial charge in [-0.2, -0.15) is 0 Å². The lowest BCUT2D eigenvalue weighted by atomic mass is 10.0. The van der Waals surface area contributed by atoms with Gasteiger partial charge < -0.3 is 52.1 Å². The maximum absolute atomic E-state index is 16.7. The van der Waals surface area contributed by atoms with E-state index in [1.807, 2.05) is 0 Å². The van der Waals surface area contributed by atoms with Gasteiger partial charge in [0.2, 0.25) is 17.7 Å². The average molecular weight is 1260 g/mol. The number of urea groups is 1. The van der Waals surface area contributed by atoms with Gasteiger partial charge in [0.25, 0.3) is 5.56 Å². The Balaban J connectivity index is 0.915. The molecule has 3 aliphatic heterocycles. The molecule has 0 spiro atoms. The van der Waals surface area contributed by atoms with E-state index in [0.717, 1.165) is 37.0 Å². The molecule has 0 bridgehead atoms. The number of hydrogen-bond acceptors (Lipinski definition) is 20. The van der Waals surface area contributed by atoms with Crippen LogP contribution < -0.4 is 38.3 Å². The van der Waals surface area contributed by atoms with E-state index >= 15 is 8.96 Å². The van der Waals surface area contributed by atoms with Gasteiger partial charge in [0.15, 0.2) is 35.0 Å². The molecule has 1 aromatic carbocycles. The van der Waals surface area contributed by atoms with Crippen LogP contribution in [0.25, 0.3) is 22.3 Å². The third-order valence-corrected chi connectivity index (χ3v) is 19.8. The number of primary amides is 1. The number of nitrogens with one attached hydrogen (secondary N) is 5. The van der Waals surface area contributed by atoms with Crippen molar-refractivity contribution in [2.75, 3.05) is 30.8 Å². The number of ether oxygens (including phenoxy) is 2. The highest BCUT2D eigenvalue weighted by molar-refractivity contribution is 8.54. The lowest BCUT2D eigenvalue weighted by Gasteiger charge is -2.28. The molecule has 0 radical (unpaired) electrons. The maximum Gasteiger partial charge on any atom is 0.472 e. The highest BCUT2D eigenvalue weighted by Gasteiger charge is 2.53. The smallest absolute Gasteiger partial charge is 0.382 e. The van der Waals surface area contributed by atoms with Gasteiger partial charge in [0, 0.05) is 30.8 Å². The van der Waals surface area contributed by atoms with E-state index in [0.29, 0.717) is 17.7 Å². The number of anilines is 2. The number of H-pyrrole nitrogens is 1. The summed E-state index contributed by atoms with van der Waals surface area (Å²) in [6.07, 6.45) is 10.1. The standard InChI is InChI=1S/C54H79FN14O14P2S/c1-4-5-6-7-8-9-10-11-12-13-14-15-16-19-40(70)67-43(33(2)3)52(73)66-36(18-17-24-58-54(57)74)50(71)65-35-22-20-34(21-23-35)28-86-85(77)79-27-39-46(42(55)53(81-39)69-32-63-44-47(56)59-29-60-48(44)69)83-84(75,76)78-26-38-37(82-85)25-41(80-38)68-31-64-45-49(68)61-30-62-51(45)72/h20-23,29-33,36-39,41-43,46,53H,4-19,24-28H2,1-3H3,(H,65,71)(H,66,73)(H,67,70)(H,75,76)(H2,56,59,60)(H3,57,58,74)(H,61,62,72)/t36-,37-,38+,39+,41+,42+,43-,46+,53+,85?/m0/s1. The Morgan fingerprint density at radius 3 is 2.16 bits per heavy atom. The number of aromatic amines is 1. The number of carbonyl (C=O) groups is 4. The van der Waals surface area contributed by atoms with Crippen LogP contribution in [0.1, 0.15) is 148 Å². The monoisotopic (exact) mass is 1260 g/mol. The topological polar surface area (TPSA) is 385 Å². The molecule has 3 saturated heterocycles. The quantitative estimate of drug-likeness (QED) is 0.0169. The number of phosphoric ester groups is 1. The van der Waals surface area contributed by atoms with Crippen molar-refractivity contribution in [1.29, 1.82) is 0 Å². The molecule has 7 heterocycles. The van der Waals surface area contributed by atoms with Gasteiger partial charge >= 0.3 is 20.7 Å². The predicted octanol–water partition coefficient (Wildman–Crippen LogP) is 7.52. The van der Waals surface area contributed by atoms with Crippen LogP contribution in [0.15, 0.2) is 54.4 Å². The van der Waals surface area contributed by atoms with Crippen molar-refractivity contribution in [3.63, 3.8) is 0 Å². The average Bonchev–Trinajstić information content (AvgIpc) is 4.26. The molecule has 5 aromatic rings. The second-order valence-electron chi connectivity index (χ2n) is 22.0. The molecule has 472 valence electrons. The van der Waals surface area contributed by atoms with Gasteiger partial charge in [-0.25, -0.2) is 43.2 Å². The fourth-order valence-corrected chi connectivity index (χ4v) is 14.8. The molecule has 0 saturated carbocycles. The van der Waals surface area contributed by atoms with Crippen LogP contribution in [0.4, 0.5) is 20.7 Å². The fourth-order valence-electron chi connectivity index (χ4n) is 10.4. The zero-order valence-corrected chi connectivity index (χ0v) is 51.1. The first-order valence-electron chi connectivity index (χ1n) is 29.4.